The summed E-state index contributed by atoms with van der Waals surface area (Å²) in [4.78, 5) is 12.8. The van der Waals surface area contributed by atoms with Crippen LogP contribution >= 0.6 is 0 Å². The second kappa shape index (κ2) is 3.40. The fourth-order valence-corrected chi connectivity index (χ4v) is 1.13. The van der Waals surface area contributed by atoms with E-state index in [9.17, 15) is 4.79 Å². The third kappa shape index (κ3) is 1.52. The summed E-state index contributed by atoms with van der Waals surface area (Å²) in [6, 6.07) is 0.239. The van der Waals surface area contributed by atoms with Crippen LogP contribution in [0.25, 0.3) is 0 Å². The third-order valence-corrected chi connectivity index (χ3v) is 1.91. The second-order valence-electron chi connectivity index (χ2n) is 2.55. The van der Waals surface area contributed by atoms with E-state index in [0.29, 0.717) is 6.54 Å². The van der Waals surface area contributed by atoms with Crippen molar-refractivity contribution in [2.45, 2.75) is 19.4 Å². The number of likely N-dealkylation sites (tertiary alicyclic amines) is 1. The first-order valence-electron chi connectivity index (χ1n) is 3.73. The number of hydrogen-bond donors (Lipinski definition) is 1. The van der Waals surface area contributed by atoms with E-state index in [1.807, 2.05) is 0 Å². The van der Waals surface area contributed by atoms with E-state index < -0.39 is 0 Å². The largest absolute Gasteiger partial charge is 0.328 e. The Labute approximate surface area is 66.5 Å². The Kier molecular flexibility index (Phi) is 2.50. The standard InChI is InChI=1S/C8H12N2O/c1-2-3-8(11)10-5-4-7(10)6-9/h7H,4-6,9H2,1H3. The van der Waals surface area contributed by atoms with E-state index in [1.54, 1.807) is 11.8 Å². The van der Waals surface area contributed by atoms with E-state index in [4.69, 9.17) is 5.73 Å². The Morgan fingerprint density at radius 2 is 2.55 bits per heavy atom. The van der Waals surface area contributed by atoms with Crippen LogP contribution in [-0.2, 0) is 4.79 Å². The summed E-state index contributed by atoms with van der Waals surface area (Å²) >= 11 is 0. The maximum atomic E-state index is 11.1. The summed E-state index contributed by atoms with van der Waals surface area (Å²) in [5.41, 5.74) is 5.42. The average Bonchev–Trinajstić information content (AvgIpc) is 1.86. The lowest BCUT2D eigenvalue weighted by Gasteiger charge is -2.38. The van der Waals surface area contributed by atoms with Gasteiger partial charge in [-0.1, -0.05) is 5.92 Å². The van der Waals surface area contributed by atoms with Gasteiger partial charge in [0.15, 0.2) is 0 Å². The minimum Gasteiger partial charge on any atom is -0.328 e. The van der Waals surface area contributed by atoms with Crippen LogP contribution in [0.15, 0.2) is 0 Å². The van der Waals surface area contributed by atoms with Crippen molar-refractivity contribution >= 4 is 5.91 Å². The van der Waals surface area contributed by atoms with Gasteiger partial charge in [0, 0.05) is 19.1 Å². The molecule has 3 heteroatoms. The molecule has 0 spiro atoms. The fraction of sp³-hybridized carbons (Fsp3) is 0.625. The van der Waals surface area contributed by atoms with E-state index >= 15 is 0 Å². The molecule has 3 nitrogen and oxygen atoms in total. The summed E-state index contributed by atoms with van der Waals surface area (Å²) in [5.74, 6) is 4.98. The zero-order chi connectivity index (χ0) is 8.27. The topological polar surface area (TPSA) is 46.3 Å². The normalized spacial score (nSPS) is 21.6. The highest BCUT2D eigenvalue weighted by molar-refractivity contribution is 5.94. The third-order valence-electron chi connectivity index (χ3n) is 1.91. The van der Waals surface area contributed by atoms with Gasteiger partial charge in [0.2, 0.25) is 0 Å². The van der Waals surface area contributed by atoms with Gasteiger partial charge < -0.3 is 10.6 Å². The first-order chi connectivity index (χ1) is 5.29. The summed E-state index contributed by atoms with van der Waals surface area (Å²) in [7, 11) is 0. The molecule has 1 unspecified atom stereocenters. The van der Waals surface area contributed by atoms with Crippen molar-refractivity contribution in [3.05, 3.63) is 0 Å². The molecular formula is C8H12N2O. The highest BCUT2D eigenvalue weighted by Crippen LogP contribution is 2.15. The molecule has 0 aromatic rings. The van der Waals surface area contributed by atoms with Crippen LogP contribution in [0.4, 0.5) is 0 Å². The number of nitrogens with zero attached hydrogens (tertiary/aromatic N) is 1. The van der Waals surface area contributed by atoms with Gasteiger partial charge in [-0.2, -0.15) is 0 Å². The summed E-state index contributed by atoms with van der Waals surface area (Å²) in [6.07, 6.45) is 1.02. The van der Waals surface area contributed by atoms with Gasteiger partial charge in [0.1, 0.15) is 0 Å². The van der Waals surface area contributed by atoms with Crippen LogP contribution in [0.3, 0.4) is 0 Å². The lowest BCUT2D eigenvalue weighted by atomic mass is 10.0. The molecule has 60 valence electrons. The first-order valence-corrected chi connectivity index (χ1v) is 3.73. The Morgan fingerprint density at radius 1 is 1.82 bits per heavy atom. The van der Waals surface area contributed by atoms with Crippen molar-refractivity contribution < 1.29 is 4.79 Å². The van der Waals surface area contributed by atoms with Crippen molar-refractivity contribution in [2.24, 2.45) is 5.73 Å². The van der Waals surface area contributed by atoms with Crippen molar-refractivity contribution in [1.82, 2.24) is 4.90 Å². The van der Waals surface area contributed by atoms with Crippen molar-refractivity contribution in [1.29, 1.82) is 0 Å². The first kappa shape index (κ1) is 8.09. The monoisotopic (exact) mass is 152 g/mol. The highest BCUT2D eigenvalue weighted by atomic mass is 16.2. The van der Waals surface area contributed by atoms with E-state index in [-0.39, 0.29) is 11.9 Å². The van der Waals surface area contributed by atoms with Crippen LogP contribution in [0.2, 0.25) is 0 Å². The number of nitrogens with two attached hydrogens (primary N) is 1. The molecule has 1 aliphatic heterocycles. The fourth-order valence-electron chi connectivity index (χ4n) is 1.13. The smallest absolute Gasteiger partial charge is 0.298 e. The van der Waals surface area contributed by atoms with Crippen LogP contribution in [0.5, 0.6) is 0 Å². The summed E-state index contributed by atoms with van der Waals surface area (Å²) < 4.78 is 0. The quantitative estimate of drug-likeness (QED) is 0.518. The predicted molar refractivity (Wildman–Crippen MR) is 42.6 cm³/mol. The minimum absolute atomic E-state index is 0.0887. The molecule has 1 heterocycles. The molecule has 1 rings (SSSR count). The molecular weight excluding hydrogens is 140 g/mol. The van der Waals surface area contributed by atoms with Crippen LogP contribution in [0.1, 0.15) is 13.3 Å². The zero-order valence-corrected chi connectivity index (χ0v) is 6.63. The Balaban J connectivity index is 2.46. The maximum absolute atomic E-state index is 11.1. The molecule has 1 atom stereocenters. The SMILES string of the molecule is CC#CC(=O)N1CCC1CN. The summed E-state index contributed by atoms with van der Waals surface area (Å²) in [5, 5.41) is 0. The van der Waals surface area contributed by atoms with Crippen LogP contribution in [0, 0.1) is 11.8 Å². The molecule has 0 saturated carbocycles. The van der Waals surface area contributed by atoms with E-state index in [2.05, 4.69) is 11.8 Å². The lowest BCUT2D eigenvalue weighted by Crippen LogP contribution is -2.54. The number of rotatable bonds is 1. The van der Waals surface area contributed by atoms with E-state index in [0.717, 1.165) is 13.0 Å². The molecule has 11 heavy (non-hydrogen) atoms. The van der Waals surface area contributed by atoms with Crippen LogP contribution < -0.4 is 5.73 Å². The zero-order valence-electron chi connectivity index (χ0n) is 6.63. The highest BCUT2D eigenvalue weighted by Gasteiger charge is 2.29. The molecule has 1 fully saturated rings. The number of hydrogen-bond acceptors (Lipinski definition) is 2. The molecule has 1 saturated heterocycles. The molecule has 0 aliphatic carbocycles. The average molecular weight is 152 g/mol. The van der Waals surface area contributed by atoms with Crippen molar-refractivity contribution in [3.63, 3.8) is 0 Å². The van der Waals surface area contributed by atoms with Gasteiger partial charge in [0.05, 0.1) is 0 Å². The Morgan fingerprint density at radius 3 is 2.91 bits per heavy atom. The van der Waals surface area contributed by atoms with Gasteiger partial charge in [-0.05, 0) is 19.3 Å². The number of carbonyl (C=O) groups is 1. The van der Waals surface area contributed by atoms with Gasteiger partial charge in [-0.3, -0.25) is 4.79 Å². The van der Waals surface area contributed by atoms with Gasteiger partial charge in [-0.15, -0.1) is 0 Å². The second-order valence-corrected chi connectivity index (χ2v) is 2.55. The molecule has 1 amide bonds. The minimum atomic E-state index is -0.0887. The number of amides is 1. The number of carbonyl (C=O) groups excluding carboxylic acids is 1. The molecule has 2 N–H and O–H groups in total. The summed E-state index contributed by atoms with van der Waals surface area (Å²) in [6.45, 7) is 3.03. The predicted octanol–water partition coefficient (Wildman–Crippen LogP) is -0.431. The molecule has 0 aromatic carbocycles. The maximum Gasteiger partial charge on any atom is 0.298 e. The van der Waals surface area contributed by atoms with Crippen molar-refractivity contribution in [3.8, 4) is 11.8 Å². The van der Waals surface area contributed by atoms with E-state index in [1.165, 1.54) is 0 Å². The van der Waals surface area contributed by atoms with Crippen LogP contribution in [-0.4, -0.2) is 29.9 Å². The Hall–Kier alpha value is -1.01. The molecule has 0 bridgehead atoms. The van der Waals surface area contributed by atoms with Gasteiger partial charge in [0.25, 0.3) is 5.91 Å². The van der Waals surface area contributed by atoms with Gasteiger partial charge in [-0.25, -0.2) is 0 Å². The molecule has 1 aliphatic rings. The van der Waals surface area contributed by atoms with Gasteiger partial charge >= 0.3 is 0 Å². The van der Waals surface area contributed by atoms with Crippen molar-refractivity contribution in [2.75, 3.05) is 13.1 Å². The Bertz CT molecular complexity index is 212. The molecule has 0 aromatic heterocycles. The molecule has 0 radical (unpaired) electrons. The lowest BCUT2D eigenvalue weighted by molar-refractivity contribution is -0.131.